The topological polar surface area (TPSA) is 28.2 Å². The van der Waals surface area contributed by atoms with E-state index in [1.807, 2.05) is 18.4 Å². The fourth-order valence-corrected chi connectivity index (χ4v) is 3.61. The highest BCUT2D eigenvalue weighted by molar-refractivity contribution is 7.15. The van der Waals surface area contributed by atoms with Crippen molar-refractivity contribution >= 4 is 16.5 Å². The van der Waals surface area contributed by atoms with Gasteiger partial charge in [-0.15, -0.1) is 11.3 Å². The second kappa shape index (κ2) is 4.82. The Morgan fingerprint density at radius 1 is 1.39 bits per heavy atom. The molecule has 1 aromatic rings. The minimum Gasteiger partial charge on any atom is -0.345 e. The van der Waals surface area contributed by atoms with E-state index in [0.29, 0.717) is 6.04 Å². The summed E-state index contributed by atoms with van der Waals surface area (Å²) >= 11 is 1.89. The first kappa shape index (κ1) is 12.4. The average Bonchev–Trinajstić information content (AvgIpc) is 3.24. The summed E-state index contributed by atoms with van der Waals surface area (Å²) in [6.45, 7) is 5.60. The Bertz CT molecular complexity index is 421. The zero-order chi connectivity index (χ0) is 12.7. The molecule has 0 saturated heterocycles. The van der Waals surface area contributed by atoms with E-state index >= 15 is 0 Å². The van der Waals surface area contributed by atoms with Crippen molar-refractivity contribution in [1.29, 1.82) is 0 Å². The lowest BCUT2D eigenvalue weighted by atomic mass is 10.2. The smallest absolute Gasteiger partial charge is 0.186 e. The molecular formula is C14H23N3S. The molecule has 1 atom stereocenters. The van der Waals surface area contributed by atoms with Crippen LogP contribution in [0.1, 0.15) is 49.2 Å². The predicted molar refractivity (Wildman–Crippen MR) is 77.4 cm³/mol. The lowest BCUT2D eigenvalue weighted by Gasteiger charge is -2.21. The molecule has 2 fully saturated rings. The lowest BCUT2D eigenvalue weighted by Crippen LogP contribution is -2.27. The number of hydrogen-bond acceptors (Lipinski definition) is 4. The predicted octanol–water partition coefficient (Wildman–Crippen LogP) is 3.11. The highest BCUT2D eigenvalue weighted by Crippen LogP contribution is 2.40. The monoisotopic (exact) mass is 265 g/mol. The number of aromatic nitrogens is 1. The summed E-state index contributed by atoms with van der Waals surface area (Å²) in [7, 11) is 2.02. The summed E-state index contributed by atoms with van der Waals surface area (Å²) < 4.78 is 0. The molecule has 0 bridgehead atoms. The van der Waals surface area contributed by atoms with Gasteiger partial charge in [0.2, 0.25) is 0 Å². The van der Waals surface area contributed by atoms with Crippen molar-refractivity contribution < 1.29 is 0 Å². The van der Waals surface area contributed by atoms with E-state index in [-0.39, 0.29) is 0 Å². The molecule has 0 amide bonds. The molecule has 0 aromatic carbocycles. The second-order valence-electron chi connectivity index (χ2n) is 5.78. The van der Waals surface area contributed by atoms with Crippen LogP contribution in [-0.2, 0) is 0 Å². The maximum atomic E-state index is 4.83. The zero-order valence-corrected chi connectivity index (χ0v) is 12.4. The summed E-state index contributed by atoms with van der Waals surface area (Å²) in [5.41, 5.74) is 1.21. The molecule has 2 aliphatic carbocycles. The van der Waals surface area contributed by atoms with Crippen LogP contribution in [-0.4, -0.2) is 24.6 Å². The SMILES string of the molecule is CNC(C)c1sc(N(CC2CC2)C2CC2)nc1C. The Morgan fingerprint density at radius 3 is 2.67 bits per heavy atom. The molecule has 0 spiro atoms. The van der Waals surface area contributed by atoms with Crippen LogP contribution in [0.15, 0.2) is 0 Å². The third-order valence-electron chi connectivity index (χ3n) is 4.03. The Balaban J connectivity index is 1.80. The zero-order valence-electron chi connectivity index (χ0n) is 11.6. The van der Waals surface area contributed by atoms with Crippen molar-refractivity contribution in [2.75, 3.05) is 18.5 Å². The average molecular weight is 265 g/mol. The van der Waals surface area contributed by atoms with Gasteiger partial charge in [-0.1, -0.05) is 0 Å². The maximum absolute atomic E-state index is 4.83. The number of thiazole rings is 1. The lowest BCUT2D eigenvalue weighted by molar-refractivity contribution is 0.658. The number of nitrogens with one attached hydrogen (secondary N) is 1. The first-order chi connectivity index (χ1) is 8.69. The van der Waals surface area contributed by atoms with E-state index in [4.69, 9.17) is 4.98 Å². The molecule has 1 heterocycles. The van der Waals surface area contributed by atoms with E-state index in [0.717, 1.165) is 12.0 Å². The molecule has 3 rings (SSSR count). The van der Waals surface area contributed by atoms with Crippen molar-refractivity contribution in [3.63, 3.8) is 0 Å². The third kappa shape index (κ3) is 2.54. The Hall–Kier alpha value is -0.610. The molecule has 0 radical (unpaired) electrons. The van der Waals surface area contributed by atoms with E-state index in [1.165, 1.54) is 47.9 Å². The van der Waals surface area contributed by atoms with Gasteiger partial charge in [-0.05, 0) is 52.5 Å². The molecule has 1 N–H and O–H groups in total. The normalized spacial score (nSPS) is 21.1. The summed E-state index contributed by atoms with van der Waals surface area (Å²) in [6, 6.07) is 1.20. The van der Waals surface area contributed by atoms with E-state index in [2.05, 4.69) is 24.1 Å². The van der Waals surface area contributed by atoms with Gasteiger partial charge in [0, 0.05) is 23.5 Å². The van der Waals surface area contributed by atoms with Gasteiger partial charge in [-0.25, -0.2) is 4.98 Å². The fraction of sp³-hybridized carbons (Fsp3) is 0.786. The third-order valence-corrected chi connectivity index (χ3v) is 5.41. The van der Waals surface area contributed by atoms with Crippen molar-refractivity contribution in [2.45, 2.75) is 51.6 Å². The number of hydrogen-bond donors (Lipinski definition) is 1. The molecule has 18 heavy (non-hydrogen) atoms. The molecule has 1 aromatic heterocycles. The largest absolute Gasteiger partial charge is 0.345 e. The standard InChI is InChI=1S/C14H23N3S/c1-9(15-3)13-10(2)16-14(18-13)17(12-6-7-12)8-11-4-5-11/h9,11-12,15H,4-8H2,1-3H3. The van der Waals surface area contributed by atoms with Gasteiger partial charge in [0.1, 0.15) is 0 Å². The number of nitrogens with zero attached hydrogens (tertiary/aromatic N) is 2. The van der Waals surface area contributed by atoms with Gasteiger partial charge >= 0.3 is 0 Å². The van der Waals surface area contributed by atoms with Crippen LogP contribution in [0, 0.1) is 12.8 Å². The van der Waals surface area contributed by atoms with Gasteiger partial charge in [0.25, 0.3) is 0 Å². The van der Waals surface area contributed by atoms with Crippen LogP contribution < -0.4 is 10.2 Å². The van der Waals surface area contributed by atoms with Gasteiger partial charge in [-0.3, -0.25) is 0 Å². The van der Waals surface area contributed by atoms with Crippen LogP contribution >= 0.6 is 11.3 Å². The fourth-order valence-electron chi connectivity index (χ4n) is 2.40. The molecule has 4 heteroatoms. The van der Waals surface area contributed by atoms with Gasteiger partial charge in [-0.2, -0.15) is 0 Å². The van der Waals surface area contributed by atoms with Crippen LogP contribution in [0.25, 0.3) is 0 Å². The van der Waals surface area contributed by atoms with Crippen LogP contribution in [0.2, 0.25) is 0 Å². The molecular weight excluding hydrogens is 242 g/mol. The number of anilines is 1. The minimum atomic E-state index is 0.415. The van der Waals surface area contributed by atoms with Gasteiger partial charge in [0.05, 0.1) is 5.69 Å². The van der Waals surface area contributed by atoms with Crippen LogP contribution in [0.3, 0.4) is 0 Å². The molecule has 0 aliphatic heterocycles. The highest BCUT2D eigenvalue weighted by Gasteiger charge is 2.35. The van der Waals surface area contributed by atoms with Gasteiger partial charge in [0.15, 0.2) is 5.13 Å². The first-order valence-corrected chi connectivity index (χ1v) is 7.92. The van der Waals surface area contributed by atoms with Crippen LogP contribution in [0.5, 0.6) is 0 Å². The van der Waals surface area contributed by atoms with E-state index < -0.39 is 0 Å². The number of aryl methyl sites for hydroxylation is 1. The van der Waals surface area contributed by atoms with Crippen molar-refractivity contribution in [1.82, 2.24) is 10.3 Å². The highest BCUT2D eigenvalue weighted by atomic mass is 32.1. The Kier molecular flexibility index (Phi) is 3.32. The summed E-state index contributed by atoms with van der Waals surface area (Å²) in [5.74, 6) is 0.944. The summed E-state index contributed by atoms with van der Waals surface area (Å²) in [5, 5.41) is 4.59. The van der Waals surface area contributed by atoms with E-state index in [1.54, 1.807) is 0 Å². The molecule has 2 aliphatic rings. The number of rotatable bonds is 6. The summed E-state index contributed by atoms with van der Waals surface area (Å²) in [6.07, 6.45) is 5.57. The van der Waals surface area contributed by atoms with Crippen molar-refractivity contribution in [2.24, 2.45) is 5.92 Å². The Morgan fingerprint density at radius 2 is 2.11 bits per heavy atom. The van der Waals surface area contributed by atoms with E-state index in [9.17, 15) is 0 Å². The minimum absolute atomic E-state index is 0.415. The van der Waals surface area contributed by atoms with Crippen LogP contribution in [0.4, 0.5) is 5.13 Å². The summed E-state index contributed by atoms with van der Waals surface area (Å²) in [4.78, 5) is 8.81. The molecule has 2 saturated carbocycles. The maximum Gasteiger partial charge on any atom is 0.186 e. The molecule has 100 valence electrons. The second-order valence-corrected chi connectivity index (χ2v) is 6.79. The Labute approximate surface area is 114 Å². The quantitative estimate of drug-likeness (QED) is 0.856. The first-order valence-electron chi connectivity index (χ1n) is 7.10. The molecule has 3 nitrogen and oxygen atoms in total. The van der Waals surface area contributed by atoms with Crippen molar-refractivity contribution in [3.8, 4) is 0 Å². The van der Waals surface area contributed by atoms with Gasteiger partial charge < -0.3 is 10.2 Å². The van der Waals surface area contributed by atoms with Crippen molar-refractivity contribution in [3.05, 3.63) is 10.6 Å². The molecule has 1 unspecified atom stereocenters.